The zero-order valence-corrected chi connectivity index (χ0v) is 21.1. The summed E-state index contributed by atoms with van der Waals surface area (Å²) in [4.78, 5) is 22.3. The quantitative estimate of drug-likeness (QED) is 0.372. The van der Waals surface area contributed by atoms with Crippen LogP contribution in [0, 0.1) is 5.82 Å². The summed E-state index contributed by atoms with van der Waals surface area (Å²) in [5, 5.41) is 0.539. The molecule has 3 heterocycles. The number of rotatable bonds is 4. The average Bonchev–Trinajstić information content (AvgIpc) is 3.43. The number of carbonyl (C=O) groups is 1. The van der Waals surface area contributed by atoms with Gasteiger partial charge in [-0.25, -0.2) is 9.38 Å². The largest absolute Gasteiger partial charge is 0.467 e. The van der Waals surface area contributed by atoms with E-state index in [4.69, 9.17) is 9.41 Å². The van der Waals surface area contributed by atoms with E-state index in [0.717, 1.165) is 23.4 Å². The number of halogens is 1. The summed E-state index contributed by atoms with van der Waals surface area (Å²) in [7, 11) is 2.01. The van der Waals surface area contributed by atoms with Crippen LogP contribution in [0.4, 0.5) is 15.8 Å². The van der Waals surface area contributed by atoms with Crippen LogP contribution < -0.4 is 4.90 Å². The number of fused-ring (bicyclic) bond motifs is 1. The standard InChI is InChI=1S/C28H28FN3O2S/c1-18-16-28(2,3)31(4)24-15-23(29)19(13-22(18)24)14-25-26(33)32(17-21-11-8-12-34-21)27(35-25)30-20-9-6-5-7-10-20/h5-15,18H,16-17H2,1-4H3/b25-14+,30-27?. The Morgan fingerprint density at radius 2 is 1.97 bits per heavy atom. The Hall–Kier alpha value is -3.32. The molecule has 5 nitrogen and oxygen atoms in total. The predicted octanol–water partition coefficient (Wildman–Crippen LogP) is 6.94. The van der Waals surface area contributed by atoms with Crippen molar-refractivity contribution in [2.24, 2.45) is 4.99 Å². The molecule has 3 aromatic rings. The number of benzene rings is 2. The number of para-hydroxylation sites is 1. The van der Waals surface area contributed by atoms with Gasteiger partial charge in [0.15, 0.2) is 5.17 Å². The molecule has 0 saturated carbocycles. The maximum absolute atomic E-state index is 15.3. The molecule has 1 atom stereocenters. The first-order valence-electron chi connectivity index (χ1n) is 11.7. The number of anilines is 1. The highest BCUT2D eigenvalue weighted by Gasteiger charge is 2.36. The maximum atomic E-state index is 15.3. The van der Waals surface area contributed by atoms with E-state index in [1.54, 1.807) is 29.4 Å². The van der Waals surface area contributed by atoms with E-state index in [0.29, 0.717) is 21.4 Å². The number of carbonyl (C=O) groups excluding carboxylic acids is 1. The van der Waals surface area contributed by atoms with Gasteiger partial charge in [-0.3, -0.25) is 9.69 Å². The van der Waals surface area contributed by atoms with E-state index in [9.17, 15) is 4.79 Å². The lowest BCUT2D eigenvalue weighted by Gasteiger charge is -2.45. The molecule has 2 aliphatic rings. The molecule has 0 N–H and O–H groups in total. The Kier molecular flexibility index (Phi) is 6.05. The molecular weight excluding hydrogens is 461 g/mol. The second-order valence-corrected chi connectivity index (χ2v) is 10.7. The van der Waals surface area contributed by atoms with Crippen molar-refractivity contribution in [2.75, 3.05) is 11.9 Å². The van der Waals surface area contributed by atoms with Crippen LogP contribution in [0.2, 0.25) is 0 Å². The lowest BCUT2D eigenvalue weighted by molar-refractivity contribution is -0.122. The van der Waals surface area contributed by atoms with Crippen LogP contribution in [0.5, 0.6) is 0 Å². The molecule has 2 aromatic carbocycles. The van der Waals surface area contributed by atoms with Crippen molar-refractivity contribution in [2.45, 2.75) is 45.2 Å². The Labute approximate surface area is 209 Å². The minimum Gasteiger partial charge on any atom is -0.467 e. The highest BCUT2D eigenvalue weighted by atomic mass is 32.2. The highest BCUT2D eigenvalue weighted by molar-refractivity contribution is 8.18. The van der Waals surface area contributed by atoms with Gasteiger partial charge in [-0.05, 0) is 86.0 Å². The van der Waals surface area contributed by atoms with E-state index in [2.05, 4.69) is 25.7 Å². The van der Waals surface area contributed by atoms with Gasteiger partial charge in [0.2, 0.25) is 0 Å². The summed E-state index contributed by atoms with van der Waals surface area (Å²) in [5.41, 5.74) is 3.11. The van der Waals surface area contributed by atoms with Crippen molar-refractivity contribution in [3.8, 4) is 0 Å². The Morgan fingerprint density at radius 3 is 2.69 bits per heavy atom. The smallest absolute Gasteiger partial charge is 0.267 e. The zero-order chi connectivity index (χ0) is 24.7. The third-order valence-electron chi connectivity index (χ3n) is 6.80. The number of hydrogen-bond acceptors (Lipinski definition) is 5. The SMILES string of the molecule is CC1CC(C)(C)N(C)c2cc(F)c(/C=C3/SC(=Nc4ccccc4)N(Cc4ccco4)C3=O)cc21. The number of amides is 1. The van der Waals surface area contributed by atoms with Crippen molar-refractivity contribution in [1.82, 2.24) is 4.90 Å². The van der Waals surface area contributed by atoms with Crippen LogP contribution >= 0.6 is 11.8 Å². The number of hydrogen-bond donors (Lipinski definition) is 0. The molecule has 2 aliphatic heterocycles. The molecule has 0 radical (unpaired) electrons. The van der Waals surface area contributed by atoms with Crippen LogP contribution in [-0.2, 0) is 11.3 Å². The van der Waals surface area contributed by atoms with Gasteiger partial charge in [0, 0.05) is 23.8 Å². The normalized spacial score (nSPS) is 21.7. The minimum absolute atomic E-state index is 0.0503. The molecule has 0 bridgehead atoms. The monoisotopic (exact) mass is 489 g/mol. The minimum atomic E-state index is -0.340. The molecule has 1 aromatic heterocycles. The van der Waals surface area contributed by atoms with Crippen molar-refractivity contribution >= 4 is 40.3 Å². The zero-order valence-electron chi connectivity index (χ0n) is 20.3. The van der Waals surface area contributed by atoms with Gasteiger partial charge < -0.3 is 9.32 Å². The number of thioether (sulfide) groups is 1. The molecule has 5 rings (SSSR count). The van der Waals surface area contributed by atoms with E-state index < -0.39 is 0 Å². The van der Waals surface area contributed by atoms with Crippen molar-refractivity contribution in [3.63, 3.8) is 0 Å². The van der Waals surface area contributed by atoms with Crippen molar-refractivity contribution in [1.29, 1.82) is 0 Å². The summed E-state index contributed by atoms with van der Waals surface area (Å²) in [6, 6.07) is 16.6. The number of furan rings is 1. The summed E-state index contributed by atoms with van der Waals surface area (Å²) in [6.45, 7) is 6.78. The van der Waals surface area contributed by atoms with Crippen LogP contribution in [0.1, 0.15) is 50.0 Å². The van der Waals surface area contributed by atoms with E-state index in [1.807, 2.05) is 49.5 Å². The first-order valence-corrected chi connectivity index (χ1v) is 12.5. The Balaban J connectivity index is 1.53. The van der Waals surface area contributed by atoms with Gasteiger partial charge in [-0.2, -0.15) is 0 Å². The second-order valence-electron chi connectivity index (χ2n) is 9.72. The third-order valence-corrected chi connectivity index (χ3v) is 7.81. The number of aliphatic imine (C=N–C) groups is 1. The Bertz CT molecular complexity index is 1320. The molecule has 0 aliphatic carbocycles. The van der Waals surface area contributed by atoms with Gasteiger partial charge in [-0.1, -0.05) is 25.1 Å². The van der Waals surface area contributed by atoms with Crippen molar-refractivity contribution < 1.29 is 13.6 Å². The summed E-state index contributed by atoms with van der Waals surface area (Å²) >= 11 is 1.25. The van der Waals surface area contributed by atoms with Gasteiger partial charge in [0.05, 0.1) is 23.4 Å². The average molecular weight is 490 g/mol. The molecular formula is C28H28FN3O2S. The summed E-state index contributed by atoms with van der Waals surface area (Å²) in [6.07, 6.45) is 4.20. The van der Waals surface area contributed by atoms with Crippen LogP contribution in [0.3, 0.4) is 0 Å². The van der Waals surface area contributed by atoms with E-state index in [-0.39, 0.29) is 29.7 Å². The van der Waals surface area contributed by atoms with E-state index >= 15 is 4.39 Å². The van der Waals surface area contributed by atoms with E-state index in [1.165, 1.54) is 11.8 Å². The fraction of sp³-hybridized carbons (Fsp3) is 0.286. The third kappa shape index (κ3) is 4.52. The number of amidine groups is 1. The molecule has 1 amide bonds. The number of nitrogens with zero attached hydrogens (tertiary/aromatic N) is 3. The van der Waals surface area contributed by atoms with Gasteiger partial charge in [0.1, 0.15) is 11.6 Å². The molecule has 180 valence electrons. The Morgan fingerprint density at radius 1 is 1.20 bits per heavy atom. The maximum Gasteiger partial charge on any atom is 0.267 e. The first-order chi connectivity index (χ1) is 16.7. The van der Waals surface area contributed by atoms with Gasteiger partial charge >= 0.3 is 0 Å². The molecule has 1 fully saturated rings. The lowest BCUT2D eigenvalue weighted by atomic mass is 9.80. The summed E-state index contributed by atoms with van der Waals surface area (Å²) in [5.74, 6) is 0.379. The fourth-order valence-corrected chi connectivity index (χ4v) is 5.75. The van der Waals surface area contributed by atoms with Crippen LogP contribution in [-0.4, -0.2) is 28.6 Å². The highest BCUT2D eigenvalue weighted by Crippen LogP contribution is 2.44. The molecule has 1 saturated heterocycles. The van der Waals surface area contributed by atoms with Crippen molar-refractivity contribution in [3.05, 3.63) is 88.5 Å². The molecule has 35 heavy (non-hydrogen) atoms. The predicted molar refractivity (Wildman–Crippen MR) is 140 cm³/mol. The fourth-order valence-electron chi connectivity index (χ4n) is 4.76. The topological polar surface area (TPSA) is 49.0 Å². The first kappa shape index (κ1) is 23.4. The molecule has 1 unspecified atom stereocenters. The lowest BCUT2D eigenvalue weighted by Crippen LogP contribution is -2.45. The summed E-state index contributed by atoms with van der Waals surface area (Å²) < 4.78 is 20.8. The molecule has 7 heteroatoms. The molecule has 0 spiro atoms. The van der Waals surface area contributed by atoms with Gasteiger partial charge in [0.25, 0.3) is 5.91 Å². The van der Waals surface area contributed by atoms with Crippen LogP contribution in [0.15, 0.2) is 75.2 Å². The van der Waals surface area contributed by atoms with Gasteiger partial charge in [-0.15, -0.1) is 0 Å². The second kappa shape index (κ2) is 9.04. The van der Waals surface area contributed by atoms with Crippen LogP contribution in [0.25, 0.3) is 6.08 Å².